The molecule has 4 heteroatoms. The third-order valence-electron chi connectivity index (χ3n) is 2.78. The molecule has 1 N–H and O–H groups in total. The number of hydrogen-bond acceptors (Lipinski definition) is 2. The van der Waals surface area contributed by atoms with E-state index < -0.39 is 5.41 Å². The Morgan fingerprint density at radius 3 is 2.62 bits per heavy atom. The number of hydrogen-bond donors (Lipinski definition) is 1. The first-order valence-electron chi connectivity index (χ1n) is 5.42. The van der Waals surface area contributed by atoms with Crippen LogP contribution in [0.15, 0.2) is 24.5 Å². The summed E-state index contributed by atoms with van der Waals surface area (Å²) in [5, 5.41) is 11.7. The molecule has 1 heterocycles. The minimum atomic E-state index is -0.906. The van der Waals surface area contributed by atoms with Crippen LogP contribution in [0.1, 0.15) is 20.3 Å². The molecule has 0 fully saturated rings. The Balaban J connectivity index is 2.39. The largest absolute Gasteiger partial charge is 0.353 e. The molecule has 0 radical (unpaired) electrons. The third-order valence-corrected chi connectivity index (χ3v) is 2.78. The van der Waals surface area contributed by atoms with E-state index in [2.05, 4.69) is 11.4 Å². The molecular weight excluding hydrogens is 202 g/mol. The van der Waals surface area contributed by atoms with Gasteiger partial charge in [0.15, 0.2) is 0 Å². The number of nitrogens with zero attached hydrogens (tertiary/aromatic N) is 2. The molecule has 86 valence electrons. The number of aromatic nitrogens is 1. The van der Waals surface area contributed by atoms with Gasteiger partial charge in [0.2, 0.25) is 5.91 Å². The van der Waals surface area contributed by atoms with E-state index in [1.165, 1.54) is 0 Å². The van der Waals surface area contributed by atoms with Crippen molar-refractivity contribution in [3.63, 3.8) is 0 Å². The average Bonchev–Trinajstić information content (AvgIpc) is 2.80. The summed E-state index contributed by atoms with van der Waals surface area (Å²) in [6.07, 6.45) is 4.41. The summed E-state index contributed by atoms with van der Waals surface area (Å²) in [5.74, 6) is -0.190. The zero-order valence-corrected chi connectivity index (χ0v) is 9.73. The van der Waals surface area contributed by atoms with E-state index in [1.54, 1.807) is 6.92 Å². The average molecular weight is 219 g/mol. The lowest BCUT2D eigenvalue weighted by Crippen LogP contribution is -2.39. The van der Waals surface area contributed by atoms with Crippen molar-refractivity contribution in [1.82, 2.24) is 9.88 Å². The van der Waals surface area contributed by atoms with Crippen LogP contribution >= 0.6 is 0 Å². The summed E-state index contributed by atoms with van der Waals surface area (Å²) in [6.45, 7) is 4.78. The fourth-order valence-electron chi connectivity index (χ4n) is 1.30. The van der Waals surface area contributed by atoms with Gasteiger partial charge >= 0.3 is 0 Å². The summed E-state index contributed by atoms with van der Waals surface area (Å²) in [5.41, 5.74) is -0.906. The molecule has 0 aliphatic heterocycles. The van der Waals surface area contributed by atoms with Crippen LogP contribution < -0.4 is 5.32 Å². The van der Waals surface area contributed by atoms with Crippen molar-refractivity contribution in [1.29, 1.82) is 5.26 Å². The molecule has 0 spiro atoms. The summed E-state index contributed by atoms with van der Waals surface area (Å²) >= 11 is 0. The highest BCUT2D eigenvalue weighted by Gasteiger charge is 2.30. The third kappa shape index (κ3) is 2.86. The van der Waals surface area contributed by atoms with Gasteiger partial charge in [0.25, 0.3) is 0 Å². The number of carbonyl (C=O) groups is 1. The van der Waals surface area contributed by atoms with Crippen LogP contribution in [-0.2, 0) is 11.3 Å². The van der Waals surface area contributed by atoms with Crippen LogP contribution in [-0.4, -0.2) is 17.0 Å². The molecule has 1 aromatic rings. The zero-order valence-electron chi connectivity index (χ0n) is 9.73. The number of rotatable bonds is 5. The van der Waals surface area contributed by atoms with Gasteiger partial charge in [-0.05, 0) is 25.5 Å². The van der Waals surface area contributed by atoms with Gasteiger partial charge in [-0.1, -0.05) is 6.92 Å². The molecule has 16 heavy (non-hydrogen) atoms. The molecule has 4 nitrogen and oxygen atoms in total. The van der Waals surface area contributed by atoms with E-state index in [-0.39, 0.29) is 5.91 Å². The monoisotopic (exact) mass is 219 g/mol. The van der Waals surface area contributed by atoms with Crippen LogP contribution in [0.25, 0.3) is 0 Å². The van der Waals surface area contributed by atoms with Gasteiger partial charge in [0, 0.05) is 25.5 Å². The van der Waals surface area contributed by atoms with Crippen molar-refractivity contribution in [3.05, 3.63) is 24.5 Å². The van der Waals surface area contributed by atoms with Crippen molar-refractivity contribution in [2.75, 3.05) is 6.54 Å². The smallest absolute Gasteiger partial charge is 0.240 e. The fourth-order valence-corrected chi connectivity index (χ4v) is 1.30. The second-order valence-electron chi connectivity index (χ2n) is 3.97. The maximum absolute atomic E-state index is 11.7. The van der Waals surface area contributed by atoms with E-state index in [0.29, 0.717) is 13.0 Å². The standard InChI is InChI=1S/C12H17N3O/c1-3-12(2,10-13)11(16)14-6-9-15-7-4-5-8-15/h4-5,7-8H,3,6,9H2,1-2H3,(H,14,16). The quantitative estimate of drug-likeness (QED) is 0.816. The van der Waals surface area contributed by atoms with E-state index in [9.17, 15) is 4.79 Å². The zero-order chi connectivity index (χ0) is 12.0. The number of carbonyl (C=O) groups excluding carboxylic acids is 1. The lowest BCUT2D eigenvalue weighted by molar-refractivity contribution is -0.127. The fraction of sp³-hybridized carbons (Fsp3) is 0.500. The van der Waals surface area contributed by atoms with Gasteiger partial charge in [-0.25, -0.2) is 0 Å². The van der Waals surface area contributed by atoms with Gasteiger partial charge in [-0.2, -0.15) is 5.26 Å². The summed E-state index contributed by atoms with van der Waals surface area (Å²) in [4.78, 5) is 11.7. The lowest BCUT2D eigenvalue weighted by atomic mass is 9.88. The van der Waals surface area contributed by atoms with Crippen LogP contribution in [0, 0.1) is 16.7 Å². The molecule has 0 aliphatic carbocycles. The Labute approximate surface area is 95.9 Å². The molecular formula is C12H17N3O. The predicted octanol–water partition coefficient (Wildman–Crippen LogP) is 1.54. The highest BCUT2D eigenvalue weighted by atomic mass is 16.2. The molecule has 0 saturated carbocycles. The molecule has 1 aromatic heterocycles. The molecule has 0 saturated heterocycles. The highest BCUT2D eigenvalue weighted by Crippen LogP contribution is 2.19. The number of nitrogens with one attached hydrogen (secondary N) is 1. The highest BCUT2D eigenvalue weighted by molar-refractivity contribution is 5.84. The van der Waals surface area contributed by atoms with Crippen LogP contribution in [0.5, 0.6) is 0 Å². The molecule has 1 amide bonds. The molecule has 1 atom stereocenters. The van der Waals surface area contributed by atoms with Crippen LogP contribution in [0.3, 0.4) is 0 Å². The topological polar surface area (TPSA) is 57.8 Å². The van der Waals surface area contributed by atoms with Crippen molar-refractivity contribution < 1.29 is 4.79 Å². The lowest BCUT2D eigenvalue weighted by Gasteiger charge is -2.18. The Hall–Kier alpha value is -1.76. The number of nitriles is 1. The minimum absolute atomic E-state index is 0.190. The van der Waals surface area contributed by atoms with E-state index in [1.807, 2.05) is 36.0 Å². The van der Waals surface area contributed by atoms with E-state index >= 15 is 0 Å². The number of amides is 1. The Morgan fingerprint density at radius 1 is 1.50 bits per heavy atom. The van der Waals surface area contributed by atoms with Crippen molar-refractivity contribution in [3.8, 4) is 6.07 Å². The van der Waals surface area contributed by atoms with Crippen molar-refractivity contribution in [2.45, 2.75) is 26.8 Å². The molecule has 0 aromatic carbocycles. The molecule has 1 rings (SSSR count). The van der Waals surface area contributed by atoms with Crippen LogP contribution in [0.4, 0.5) is 0 Å². The molecule has 1 unspecified atom stereocenters. The van der Waals surface area contributed by atoms with Crippen molar-refractivity contribution in [2.24, 2.45) is 5.41 Å². The van der Waals surface area contributed by atoms with Gasteiger partial charge in [0.05, 0.1) is 6.07 Å². The predicted molar refractivity (Wildman–Crippen MR) is 61.5 cm³/mol. The summed E-state index contributed by atoms with van der Waals surface area (Å²) < 4.78 is 1.98. The van der Waals surface area contributed by atoms with E-state index in [4.69, 9.17) is 5.26 Å². The summed E-state index contributed by atoms with van der Waals surface area (Å²) in [7, 11) is 0. The van der Waals surface area contributed by atoms with Gasteiger partial charge in [-0.3, -0.25) is 4.79 Å². The van der Waals surface area contributed by atoms with Gasteiger partial charge in [-0.15, -0.1) is 0 Å². The first-order chi connectivity index (χ1) is 7.62. The molecule has 0 aliphatic rings. The first kappa shape index (κ1) is 12.3. The van der Waals surface area contributed by atoms with Gasteiger partial charge in [0.1, 0.15) is 5.41 Å². The van der Waals surface area contributed by atoms with Gasteiger partial charge < -0.3 is 9.88 Å². The Bertz CT molecular complexity index is 377. The molecule has 0 bridgehead atoms. The SMILES string of the molecule is CCC(C)(C#N)C(=O)NCCn1cccc1. The second-order valence-corrected chi connectivity index (χ2v) is 3.97. The maximum atomic E-state index is 11.7. The Kier molecular flexibility index (Phi) is 4.12. The Morgan fingerprint density at radius 2 is 2.12 bits per heavy atom. The van der Waals surface area contributed by atoms with E-state index in [0.717, 1.165) is 6.54 Å². The second kappa shape index (κ2) is 5.36. The summed E-state index contributed by atoms with van der Waals surface area (Å²) in [6, 6.07) is 5.93. The maximum Gasteiger partial charge on any atom is 0.240 e. The normalized spacial score (nSPS) is 13.8. The first-order valence-corrected chi connectivity index (χ1v) is 5.42. The van der Waals surface area contributed by atoms with Crippen molar-refractivity contribution >= 4 is 5.91 Å². The van der Waals surface area contributed by atoms with Crippen LogP contribution in [0.2, 0.25) is 0 Å². The minimum Gasteiger partial charge on any atom is -0.353 e.